The minimum absolute atomic E-state index is 0.433. The summed E-state index contributed by atoms with van der Waals surface area (Å²) in [6.07, 6.45) is 1.94. The molecule has 0 fully saturated rings. The molecular weight excluding hydrogens is 172 g/mol. The lowest BCUT2D eigenvalue weighted by Crippen LogP contribution is -2.11. The molecule has 4 heteroatoms. The molecule has 0 unspecified atom stereocenters. The van der Waals surface area contributed by atoms with Crippen LogP contribution in [0.3, 0.4) is 0 Å². The van der Waals surface area contributed by atoms with Crippen LogP contribution in [-0.4, -0.2) is 5.91 Å². The molecule has 0 aliphatic rings. The third kappa shape index (κ3) is 1.83. The summed E-state index contributed by atoms with van der Waals surface area (Å²) < 4.78 is 0. The van der Waals surface area contributed by atoms with E-state index in [1.807, 2.05) is 6.07 Å². The Morgan fingerprint density at radius 1 is 1.83 bits per heavy atom. The van der Waals surface area contributed by atoms with E-state index in [1.54, 1.807) is 11.4 Å². The summed E-state index contributed by atoms with van der Waals surface area (Å²) in [7, 11) is 0. The van der Waals surface area contributed by atoms with Crippen molar-refractivity contribution in [1.29, 1.82) is 5.26 Å². The number of rotatable bonds is 3. The van der Waals surface area contributed by atoms with Crippen molar-refractivity contribution in [3.05, 3.63) is 28.3 Å². The maximum Gasteiger partial charge on any atom is 0.249 e. The van der Waals surface area contributed by atoms with Crippen LogP contribution in [0.1, 0.15) is 15.2 Å². The Balaban J connectivity index is 2.79. The molecule has 61 valence electrons. The van der Waals surface area contributed by atoms with Crippen molar-refractivity contribution in [2.75, 3.05) is 0 Å². The number of hydrogen-bond acceptors (Lipinski definition) is 3. The molecule has 0 aliphatic heterocycles. The summed E-state index contributed by atoms with van der Waals surface area (Å²) in [5, 5.41) is 10.1. The number of primary amides is 1. The summed E-state index contributed by atoms with van der Waals surface area (Å²) in [6, 6.07) is 3.58. The first kappa shape index (κ1) is 8.75. The summed E-state index contributed by atoms with van der Waals surface area (Å²) in [6.45, 7) is 0. The lowest BCUT2D eigenvalue weighted by molar-refractivity contribution is 0.1000. The Bertz CT molecular complexity index is 324. The molecule has 0 aromatic carbocycles. The molecule has 0 saturated carbocycles. The number of carbonyl (C=O) groups excluding carboxylic acids is 1. The van der Waals surface area contributed by atoms with Gasteiger partial charge in [0.1, 0.15) is 0 Å². The fourth-order valence-electron chi connectivity index (χ4n) is 0.857. The first-order valence-electron chi connectivity index (χ1n) is 3.33. The Morgan fingerprint density at radius 2 is 2.58 bits per heavy atom. The highest BCUT2D eigenvalue weighted by atomic mass is 32.1. The summed E-state index contributed by atoms with van der Waals surface area (Å²) in [5.74, 6) is -0.433. The number of nitriles is 1. The zero-order chi connectivity index (χ0) is 8.97. The second-order valence-corrected chi connectivity index (χ2v) is 3.16. The largest absolute Gasteiger partial charge is 0.366 e. The Kier molecular flexibility index (Phi) is 2.83. The van der Waals surface area contributed by atoms with Crippen molar-refractivity contribution < 1.29 is 4.79 Å². The van der Waals surface area contributed by atoms with Crippen LogP contribution >= 0.6 is 11.3 Å². The van der Waals surface area contributed by atoms with Crippen LogP contribution in [0.15, 0.2) is 11.4 Å². The Labute approximate surface area is 74.4 Å². The standard InChI is InChI=1S/C8H7N2OS/c9-4-1-2-7-6(8(10)11)3-5-12-7/h1,3,5H,2H2,(H2,10,11). The average Bonchev–Trinajstić information content (AvgIpc) is 2.48. The molecule has 0 spiro atoms. The Morgan fingerprint density at radius 3 is 3.17 bits per heavy atom. The van der Waals surface area contributed by atoms with Gasteiger partial charge in [0.15, 0.2) is 0 Å². The lowest BCUT2D eigenvalue weighted by atomic mass is 10.2. The number of amides is 1. The van der Waals surface area contributed by atoms with Gasteiger partial charge in [-0.3, -0.25) is 4.79 Å². The quantitative estimate of drug-likeness (QED) is 0.755. The number of nitrogens with two attached hydrogens (primary N) is 1. The molecule has 1 radical (unpaired) electrons. The molecule has 0 atom stereocenters. The maximum absolute atomic E-state index is 10.8. The van der Waals surface area contributed by atoms with Crippen LogP contribution in [0.2, 0.25) is 0 Å². The van der Waals surface area contributed by atoms with Gasteiger partial charge in [-0.1, -0.05) is 0 Å². The van der Waals surface area contributed by atoms with E-state index in [0.29, 0.717) is 12.0 Å². The van der Waals surface area contributed by atoms with Gasteiger partial charge in [-0.2, -0.15) is 5.26 Å². The molecule has 0 saturated heterocycles. The summed E-state index contributed by atoms with van der Waals surface area (Å²) in [5.41, 5.74) is 5.62. The van der Waals surface area contributed by atoms with Gasteiger partial charge >= 0.3 is 0 Å². The van der Waals surface area contributed by atoms with Gasteiger partial charge in [-0.15, -0.1) is 11.3 Å². The van der Waals surface area contributed by atoms with Crippen LogP contribution in [0.5, 0.6) is 0 Å². The molecule has 3 nitrogen and oxygen atoms in total. The minimum Gasteiger partial charge on any atom is -0.366 e. The van der Waals surface area contributed by atoms with Crippen molar-refractivity contribution in [3.63, 3.8) is 0 Å². The van der Waals surface area contributed by atoms with E-state index in [2.05, 4.69) is 0 Å². The van der Waals surface area contributed by atoms with E-state index in [4.69, 9.17) is 11.0 Å². The van der Waals surface area contributed by atoms with E-state index < -0.39 is 5.91 Å². The van der Waals surface area contributed by atoms with Crippen molar-refractivity contribution in [1.82, 2.24) is 0 Å². The molecule has 1 aromatic rings. The molecule has 12 heavy (non-hydrogen) atoms. The van der Waals surface area contributed by atoms with Gasteiger partial charge in [-0.05, 0) is 17.9 Å². The van der Waals surface area contributed by atoms with E-state index >= 15 is 0 Å². The number of hydrogen-bond donors (Lipinski definition) is 1. The van der Waals surface area contributed by atoms with Crippen LogP contribution < -0.4 is 5.73 Å². The number of thiophene rings is 1. The normalized spacial score (nSPS) is 9.25. The molecule has 0 aliphatic carbocycles. The van der Waals surface area contributed by atoms with Crippen LogP contribution in [-0.2, 0) is 6.42 Å². The molecule has 1 amide bonds. The molecule has 1 rings (SSSR count). The first-order chi connectivity index (χ1) is 5.75. The monoisotopic (exact) mass is 179 g/mol. The zero-order valence-corrected chi connectivity index (χ0v) is 7.10. The molecular formula is C8H7N2OS. The van der Waals surface area contributed by atoms with Crippen molar-refractivity contribution in [2.45, 2.75) is 6.42 Å². The minimum atomic E-state index is -0.433. The fraction of sp³-hybridized carbons (Fsp3) is 0.125. The smallest absolute Gasteiger partial charge is 0.249 e. The zero-order valence-electron chi connectivity index (χ0n) is 6.28. The van der Waals surface area contributed by atoms with Crippen LogP contribution in [0, 0.1) is 17.8 Å². The van der Waals surface area contributed by atoms with Gasteiger partial charge in [0.2, 0.25) is 5.91 Å². The van der Waals surface area contributed by atoms with Crippen LogP contribution in [0.4, 0.5) is 0 Å². The maximum atomic E-state index is 10.8. The Hall–Kier alpha value is -1.34. The van der Waals surface area contributed by atoms with E-state index in [1.165, 1.54) is 17.8 Å². The third-order valence-corrected chi connectivity index (χ3v) is 2.33. The molecule has 1 aromatic heterocycles. The average molecular weight is 179 g/mol. The van der Waals surface area contributed by atoms with Crippen molar-refractivity contribution in [3.8, 4) is 6.07 Å². The predicted octanol–water partition coefficient (Wildman–Crippen LogP) is 1.12. The second-order valence-electron chi connectivity index (χ2n) is 2.16. The van der Waals surface area contributed by atoms with Crippen molar-refractivity contribution in [2.24, 2.45) is 5.73 Å². The van der Waals surface area contributed by atoms with E-state index in [0.717, 1.165) is 4.88 Å². The predicted molar refractivity (Wildman–Crippen MR) is 46.5 cm³/mol. The van der Waals surface area contributed by atoms with Crippen molar-refractivity contribution >= 4 is 17.2 Å². The lowest BCUT2D eigenvalue weighted by Gasteiger charge is -1.94. The highest BCUT2D eigenvalue weighted by Gasteiger charge is 2.08. The van der Waals surface area contributed by atoms with Gasteiger partial charge < -0.3 is 5.73 Å². The van der Waals surface area contributed by atoms with Gasteiger partial charge in [0, 0.05) is 4.88 Å². The molecule has 0 bridgehead atoms. The number of nitrogens with zero attached hydrogens (tertiary/aromatic N) is 1. The van der Waals surface area contributed by atoms with E-state index in [-0.39, 0.29) is 0 Å². The van der Waals surface area contributed by atoms with Gasteiger partial charge in [0.25, 0.3) is 0 Å². The SMILES string of the molecule is N#C[CH]Cc1sccc1C(N)=O. The summed E-state index contributed by atoms with van der Waals surface area (Å²) in [4.78, 5) is 11.6. The van der Waals surface area contributed by atoms with Gasteiger partial charge in [-0.25, -0.2) is 0 Å². The summed E-state index contributed by atoms with van der Waals surface area (Å²) >= 11 is 1.43. The second kappa shape index (κ2) is 3.88. The highest BCUT2D eigenvalue weighted by Crippen LogP contribution is 2.17. The third-order valence-electron chi connectivity index (χ3n) is 1.39. The fourth-order valence-corrected chi connectivity index (χ4v) is 1.70. The number of carbonyl (C=O) groups is 1. The first-order valence-corrected chi connectivity index (χ1v) is 4.21. The van der Waals surface area contributed by atoms with Crippen LogP contribution in [0.25, 0.3) is 0 Å². The molecule has 1 heterocycles. The highest BCUT2D eigenvalue weighted by molar-refractivity contribution is 7.10. The molecule has 2 N–H and O–H groups in total. The topological polar surface area (TPSA) is 66.9 Å². The van der Waals surface area contributed by atoms with Gasteiger partial charge in [0.05, 0.1) is 18.1 Å². The van der Waals surface area contributed by atoms with E-state index in [9.17, 15) is 4.79 Å².